The van der Waals surface area contributed by atoms with Crippen LogP contribution in [-0.4, -0.2) is 49.3 Å². The number of thioether (sulfide) groups is 1. The summed E-state index contributed by atoms with van der Waals surface area (Å²) in [5.41, 5.74) is 8.56. The summed E-state index contributed by atoms with van der Waals surface area (Å²) in [5, 5.41) is 12.4. The lowest BCUT2D eigenvalue weighted by Crippen LogP contribution is -2.39. The van der Waals surface area contributed by atoms with Crippen LogP contribution < -0.4 is 20.5 Å². The van der Waals surface area contributed by atoms with Crippen molar-refractivity contribution in [1.29, 1.82) is 5.26 Å². The van der Waals surface area contributed by atoms with Crippen molar-refractivity contribution in [2.75, 3.05) is 26.6 Å². The standard InChI is InChI=1S/C27H26N4O6S/c1-14-5-7-15(8-6-14)30-25(33)23-22(17-10-9-16(35-2)11-19(17)36-3)18(13-28)24(29)31-26(34)20(38-27(23)31)12-21(32)37-4/h5-11,20,22H,12,29H2,1-4H3,(H,30,33)/t20-,22+/m1/s1. The number of aryl methyl sites for hydroxylation is 1. The predicted molar refractivity (Wildman–Crippen MR) is 141 cm³/mol. The zero-order chi connectivity index (χ0) is 27.6. The number of nitrogens with one attached hydrogen (secondary N) is 1. The van der Waals surface area contributed by atoms with Gasteiger partial charge in [0.1, 0.15) is 22.6 Å². The highest BCUT2D eigenvalue weighted by atomic mass is 32.2. The molecule has 2 atom stereocenters. The molecule has 38 heavy (non-hydrogen) atoms. The van der Waals surface area contributed by atoms with Crippen molar-refractivity contribution in [3.63, 3.8) is 0 Å². The number of allylic oxidation sites excluding steroid dienone is 1. The molecule has 0 bridgehead atoms. The van der Waals surface area contributed by atoms with E-state index >= 15 is 0 Å². The minimum atomic E-state index is -0.963. The normalized spacial score (nSPS) is 18.6. The first-order chi connectivity index (χ1) is 18.2. The Kier molecular flexibility index (Phi) is 7.64. The van der Waals surface area contributed by atoms with E-state index in [1.165, 1.54) is 21.3 Å². The highest BCUT2D eigenvalue weighted by Gasteiger charge is 2.49. The molecule has 2 aromatic carbocycles. The number of anilines is 1. The third kappa shape index (κ3) is 4.78. The fourth-order valence-corrected chi connectivity index (χ4v) is 5.67. The largest absolute Gasteiger partial charge is 0.497 e. The van der Waals surface area contributed by atoms with Crippen LogP contribution in [0.2, 0.25) is 0 Å². The molecule has 2 heterocycles. The molecular weight excluding hydrogens is 508 g/mol. The fourth-order valence-electron chi connectivity index (χ4n) is 4.35. The van der Waals surface area contributed by atoms with E-state index in [4.69, 9.17) is 19.9 Å². The van der Waals surface area contributed by atoms with Crippen LogP contribution in [0.5, 0.6) is 11.5 Å². The van der Waals surface area contributed by atoms with Crippen LogP contribution in [0.15, 0.2) is 64.5 Å². The van der Waals surface area contributed by atoms with Gasteiger partial charge < -0.3 is 25.3 Å². The zero-order valence-corrected chi connectivity index (χ0v) is 22.0. The summed E-state index contributed by atoms with van der Waals surface area (Å²) in [6, 6.07) is 14.3. The van der Waals surface area contributed by atoms with Crippen molar-refractivity contribution in [3.05, 3.63) is 75.6 Å². The van der Waals surface area contributed by atoms with Gasteiger partial charge in [0.2, 0.25) is 5.91 Å². The molecule has 0 spiro atoms. The second-order valence-electron chi connectivity index (χ2n) is 8.55. The lowest BCUT2D eigenvalue weighted by atomic mass is 9.82. The van der Waals surface area contributed by atoms with E-state index in [9.17, 15) is 19.6 Å². The number of rotatable bonds is 7. The van der Waals surface area contributed by atoms with Crippen LogP contribution in [0.4, 0.5) is 5.69 Å². The first-order valence-corrected chi connectivity index (χ1v) is 12.4. The number of fused-ring (bicyclic) bond motifs is 1. The summed E-state index contributed by atoms with van der Waals surface area (Å²) >= 11 is 1.04. The number of nitriles is 1. The number of benzene rings is 2. The summed E-state index contributed by atoms with van der Waals surface area (Å²) in [6.07, 6.45) is -0.224. The molecule has 11 heteroatoms. The average molecular weight is 535 g/mol. The van der Waals surface area contributed by atoms with Gasteiger partial charge in [-0.05, 0) is 25.1 Å². The van der Waals surface area contributed by atoms with E-state index in [2.05, 4.69) is 11.4 Å². The van der Waals surface area contributed by atoms with Gasteiger partial charge >= 0.3 is 5.97 Å². The highest BCUT2D eigenvalue weighted by Crippen LogP contribution is 2.51. The van der Waals surface area contributed by atoms with Gasteiger partial charge in [0, 0.05) is 17.3 Å². The number of methoxy groups -OCH3 is 3. The minimum Gasteiger partial charge on any atom is -0.497 e. The average Bonchev–Trinajstić information content (AvgIpc) is 3.24. The van der Waals surface area contributed by atoms with Gasteiger partial charge in [-0.15, -0.1) is 0 Å². The first-order valence-electron chi connectivity index (χ1n) is 11.5. The predicted octanol–water partition coefficient (Wildman–Crippen LogP) is 3.16. The molecule has 1 fully saturated rings. The molecule has 2 aromatic rings. The van der Waals surface area contributed by atoms with Gasteiger partial charge in [0.25, 0.3) is 5.91 Å². The number of esters is 1. The Bertz CT molecular complexity index is 1410. The molecule has 10 nitrogen and oxygen atoms in total. The van der Waals surface area contributed by atoms with Gasteiger partial charge in [-0.3, -0.25) is 19.3 Å². The van der Waals surface area contributed by atoms with Crippen molar-refractivity contribution < 1.29 is 28.6 Å². The summed E-state index contributed by atoms with van der Waals surface area (Å²) in [7, 11) is 4.20. The number of hydrogen-bond acceptors (Lipinski definition) is 9. The summed E-state index contributed by atoms with van der Waals surface area (Å²) in [5.74, 6) is -1.82. The van der Waals surface area contributed by atoms with Crippen molar-refractivity contribution in [2.24, 2.45) is 5.73 Å². The topological polar surface area (TPSA) is 144 Å². The van der Waals surface area contributed by atoms with E-state index < -0.39 is 29.0 Å². The molecule has 0 aliphatic carbocycles. The van der Waals surface area contributed by atoms with Crippen molar-refractivity contribution in [1.82, 2.24) is 4.90 Å². The molecular formula is C27H26N4O6S. The molecule has 3 N–H and O–H groups in total. The third-order valence-corrected chi connectivity index (χ3v) is 7.56. The molecule has 4 rings (SSSR count). The van der Waals surface area contributed by atoms with Crippen LogP contribution >= 0.6 is 11.8 Å². The van der Waals surface area contributed by atoms with Crippen LogP contribution in [-0.2, 0) is 19.1 Å². The summed E-state index contributed by atoms with van der Waals surface area (Å²) in [6.45, 7) is 1.93. The van der Waals surface area contributed by atoms with Gasteiger partial charge in [-0.1, -0.05) is 35.5 Å². The van der Waals surface area contributed by atoms with Crippen molar-refractivity contribution in [3.8, 4) is 17.6 Å². The monoisotopic (exact) mass is 534 g/mol. The van der Waals surface area contributed by atoms with Crippen LogP contribution in [0.1, 0.15) is 23.5 Å². The molecule has 0 radical (unpaired) electrons. The number of carbonyl (C=O) groups is 3. The van der Waals surface area contributed by atoms with Crippen molar-refractivity contribution in [2.45, 2.75) is 24.5 Å². The van der Waals surface area contributed by atoms with Gasteiger partial charge in [0.05, 0.1) is 55.9 Å². The number of ether oxygens (including phenoxy) is 3. The Morgan fingerprint density at radius 1 is 1.13 bits per heavy atom. The fraction of sp³-hybridized carbons (Fsp3) is 0.259. The van der Waals surface area contributed by atoms with Crippen LogP contribution in [0.25, 0.3) is 0 Å². The Hall–Kier alpha value is -4.43. The van der Waals surface area contributed by atoms with E-state index in [0.29, 0.717) is 22.7 Å². The van der Waals surface area contributed by atoms with E-state index in [1.807, 2.05) is 19.1 Å². The maximum Gasteiger partial charge on any atom is 0.307 e. The molecule has 196 valence electrons. The lowest BCUT2D eigenvalue weighted by molar-refractivity contribution is -0.142. The SMILES string of the molecule is COC(=O)C[C@H]1SC2=C(C(=O)Nc3ccc(C)cc3)[C@@H](c3ccc(OC)cc3OC)C(C#N)=C(N)N2C1=O. The molecule has 0 saturated carbocycles. The molecule has 0 unspecified atom stereocenters. The Balaban J connectivity index is 1.92. The van der Waals surface area contributed by atoms with Gasteiger partial charge in [0.15, 0.2) is 0 Å². The number of hydrogen-bond donors (Lipinski definition) is 2. The Morgan fingerprint density at radius 3 is 2.45 bits per heavy atom. The third-order valence-electron chi connectivity index (χ3n) is 6.28. The highest BCUT2D eigenvalue weighted by molar-refractivity contribution is 8.04. The van der Waals surface area contributed by atoms with Crippen LogP contribution in [0, 0.1) is 18.3 Å². The lowest BCUT2D eigenvalue weighted by Gasteiger charge is -2.32. The number of nitrogens with two attached hydrogens (primary N) is 1. The smallest absolute Gasteiger partial charge is 0.307 e. The van der Waals surface area contributed by atoms with Crippen LogP contribution in [0.3, 0.4) is 0 Å². The second kappa shape index (κ2) is 10.9. The van der Waals surface area contributed by atoms with E-state index in [-0.39, 0.29) is 28.4 Å². The molecule has 2 amide bonds. The first kappa shape index (κ1) is 26.6. The maximum absolute atomic E-state index is 13.9. The van der Waals surface area contributed by atoms with E-state index in [1.54, 1.807) is 30.3 Å². The Labute approximate surface area is 224 Å². The number of carbonyl (C=O) groups excluding carboxylic acids is 3. The molecule has 1 saturated heterocycles. The number of nitrogens with zero attached hydrogens (tertiary/aromatic N) is 2. The van der Waals surface area contributed by atoms with E-state index in [0.717, 1.165) is 22.2 Å². The molecule has 2 aliphatic heterocycles. The minimum absolute atomic E-state index is 0.000981. The Morgan fingerprint density at radius 2 is 1.84 bits per heavy atom. The zero-order valence-electron chi connectivity index (χ0n) is 21.2. The summed E-state index contributed by atoms with van der Waals surface area (Å²) < 4.78 is 15.6. The molecule has 0 aromatic heterocycles. The summed E-state index contributed by atoms with van der Waals surface area (Å²) in [4.78, 5) is 40.4. The maximum atomic E-state index is 13.9. The molecule has 2 aliphatic rings. The van der Waals surface area contributed by atoms with Gasteiger partial charge in [-0.25, -0.2) is 0 Å². The number of amides is 2. The van der Waals surface area contributed by atoms with Crippen molar-refractivity contribution >= 4 is 35.2 Å². The van der Waals surface area contributed by atoms with Gasteiger partial charge in [-0.2, -0.15) is 5.26 Å². The second-order valence-corrected chi connectivity index (χ2v) is 9.74. The quantitative estimate of drug-likeness (QED) is 0.512.